The Kier molecular flexibility index (Phi) is 4.86. The molecule has 1 aliphatic carbocycles. The summed E-state index contributed by atoms with van der Waals surface area (Å²) < 4.78 is 7.66. The number of amidine groups is 1. The molecule has 33 heavy (non-hydrogen) atoms. The molecule has 0 spiro atoms. The van der Waals surface area contributed by atoms with Crippen LogP contribution in [0.2, 0.25) is 0 Å². The number of aliphatic imine (C=N–C) groups is 1. The molecule has 176 valence electrons. The molecule has 4 heterocycles. The number of nitrogens with zero attached hydrogens (tertiary/aromatic N) is 6. The second kappa shape index (κ2) is 7.57. The number of piperazine rings is 1. The van der Waals surface area contributed by atoms with Crippen LogP contribution in [0.5, 0.6) is 0 Å². The van der Waals surface area contributed by atoms with E-state index in [4.69, 9.17) is 14.8 Å². The predicted octanol–water partition coefficient (Wildman–Crippen LogP) is 3.49. The number of likely N-dealkylation sites (N-methyl/N-ethyl adjacent to an activating group) is 1. The van der Waals surface area contributed by atoms with Gasteiger partial charge in [0.15, 0.2) is 0 Å². The Morgan fingerprint density at radius 3 is 2.52 bits per heavy atom. The van der Waals surface area contributed by atoms with Crippen molar-refractivity contribution in [3.63, 3.8) is 0 Å². The fourth-order valence-electron chi connectivity index (χ4n) is 5.47. The van der Waals surface area contributed by atoms with E-state index in [2.05, 4.69) is 71.5 Å². The lowest BCUT2D eigenvalue weighted by atomic mass is 9.97. The summed E-state index contributed by atoms with van der Waals surface area (Å²) in [6.45, 7) is 12.6. The highest BCUT2D eigenvalue weighted by atomic mass is 16.5. The molecule has 0 amide bonds. The van der Waals surface area contributed by atoms with Crippen molar-refractivity contribution in [1.29, 1.82) is 0 Å². The van der Waals surface area contributed by atoms with Crippen LogP contribution in [0.3, 0.4) is 0 Å². The van der Waals surface area contributed by atoms with Crippen molar-refractivity contribution in [1.82, 2.24) is 24.5 Å². The zero-order valence-electron chi connectivity index (χ0n) is 20.4. The molecule has 3 fully saturated rings. The number of benzene rings is 1. The Labute approximate surface area is 196 Å². The van der Waals surface area contributed by atoms with Crippen LogP contribution in [-0.2, 0) is 11.2 Å². The van der Waals surface area contributed by atoms with E-state index >= 15 is 0 Å². The van der Waals surface area contributed by atoms with Crippen LogP contribution in [0.1, 0.15) is 45.3 Å². The normalized spacial score (nSPS) is 26.7. The van der Waals surface area contributed by atoms with Gasteiger partial charge in [0.25, 0.3) is 0 Å². The standard InChI is InChI=1S/C26H36N6O/c1-19-28-23(30-9-11-31(12-10-30)26(3)17-33-18-26)14-24(29(19)4)32-22-13-20(15-25(2)7-8-25)5-6-21(22)16-27-32/h5-6,13-14,16,24H,7-12,15,17-18H2,1-4H3. The van der Waals surface area contributed by atoms with E-state index in [1.807, 2.05) is 6.20 Å². The van der Waals surface area contributed by atoms with Crippen LogP contribution in [0.4, 0.5) is 0 Å². The molecule has 1 aromatic heterocycles. The second-order valence-corrected chi connectivity index (χ2v) is 11.1. The summed E-state index contributed by atoms with van der Waals surface area (Å²) in [5, 5.41) is 6.04. The Morgan fingerprint density at radius 2 is 1.85 bits per heavy atom. The average Bonchev–Trinajstić information content (AvgIpc) is 3.37. The minimum absolute atomic E-state index is 0.0253. The van der Waals surface area contributed by atoms with Crippen molar-refractivity contribution in [2.75, 3.05) is 46.4 Å². The number of hydrogen-bond acceptors (Lipinski definition) is 6. The van der Waals surface area contributed by atoms with Gasteiger partial charge >= 0.3 is 0 Å². The van der Waals surface area contributed by atoms with E-state index in [-0.39, 0.29) is 11.7 Å². The molecular weight excluding hydrogens is 412 g/mol. The number of aromatic nitrogens is 2. The van der Waals surface area contributed by atoms with Gasteiger partial charge in [-0.25, -0.2) is 9.67 Å². The van der Waals surface area contributed by atoms with Gasteiger partial charge in [0, 0.05) is 44.7 Å². The predicted molar refractivity (Wildman–Crippen MR) is 131 cm³/mol. The van der Waals surface area contributed by atoms with Crippen molar-refractivity contribution in [3.05, 3.63) is 41.9 Å². The molecule has 7 heteroatoms. The van der Waals surface area contributed by atoms with Gasteiger partial charge in [0.2, 0.25) is 0 Å². The third-order valence-corrected chi connectivity index (χ3v) is 8.32. The summed E-state index contributed by atoms with van der Waals surface area (Å²) in [6.07, 6.45) is 8.16. The zero-order chi connectivity index (χ0) is 22.8. The summed E-state index contributed by atoms with van der Waals surface area (Å²) in [7, 11) is 2.12. The van der Waals surface area contributed by atoms with Crippen molar-refractivity contribution in [3.8, 4) is 0 Å². The van der Waals surface area contributed by atoms with E-state index in [0.29, 0.717) is 5.41 Å². The lowest BCUT2D eigenvalue weighted by Gasteiger charge is -2.50. The number of ether oxygens (including phenoxy) is 1. The molecule has 2 aromatic rings. The van der Waals surface area contributed by atoms with Crippen molar-refractivity contribution in [2.45, 2.75) is 51.7 Å². The maximum absolute atomic E-state index is 5.49. The second-order valence-electron chi connectivity index (χ2n) is 11.1. The van der Waals surface area contributed by atoms with Crippen LogP contribution in [0.15, 0.2) is 41.3 Å². The fourth-order valence-corrected chi connectivity index (χ4v) is 5.47. The summed E-state index contributed by atoms with van der Waals surface area (Å²) in [6, 6.07) is 6.87. The SMILES string of the molecule is CC1=NC(N2CCN(C3(C)COC3)CC2)=CC(n2ncc3ccc(CC4(C)CC4)cc32)N1C. The molecule has 1 saturated carbocycles. The van der Waals surface area contributed by atoms with Gasteiger partial charge in [-0.15, -0.1) is 0 Å². The number of fused-ring (bicyclic) bond motifs is 1. The molecule has 4 aliphatic rings. The minimum atomic E-state index is 0.0253. The summed E-state index contributed by atoms with van der Waals surface area (Å²) in [5.74, 6) is 2.11. The van der Waals surface area contributed by atoms with Gasteiger partial charge in [-0.3, -0.25) is 4.90 Å². The highest BCUT2D eigenvalue weighted by Gasteiger charge is 2.41. The summed E-state index contributed by atoms with van der Waals surface area (Å²) in [5.41, 5.74) is 3.35. The third-order valence-electron chi connectivity index (χ3n) is 8.32. The van der Waals surface area contributed by atoms with Crippen LogP contribution >= 0.6 is 0 Å². The van der Waals surface area contributed by atoms with Crippen LogP contribution in [0.25, 0.3) is 10.9 Å². The molecule has 0 N–H and O–H groups in total. The smallest absolute Gasteiger partial charge is 0.147 e. The van der Waals surface area contributed by atoms with Crippen molar-refractivity contribution in [2.24, 2.45) is 10.4 Å². The van der Waals surface area contributed by atoms with Gasteiger partial charge in [0.1, 0.15) is 17.8 Å². The van der Waals surface area contributed by atoms with Gasteiger partial charge in [0.05, 0.1) is 30.5 Å². The van der Waals surface area contributed by atoms with Gasteiger partial charge in [-0.05, 0) is 50.2 Å². The fraction of sp³-hybridized carbons (Fsp3) is 0.615. The third kappa shape index (κ3) is 3.75. The Bertz CT molecular complexity index is 1120. The Balaban J connectivity index is 1.26. The monoisotopic (exact) mass is 448 g/mol. The topological polar surface area (TPSA) is 49.1 Å². The molecule has 0 radical (unpaired) electrons. The molecule has 2 saturated heterocycles. The van der Waals surface area contributed by atoms with E-state index in [0.717, 1.165) is 57.5 Å². The lowest BCUT2D eigenvalue weighted by Crippen LogP contribution is -2.64. The molecule has 0 bridgehead atoms. The van der Waals surface area contributed by atoms with E-state index in [9.17, 15) is 0 Å². The molecule has 1 aromatic carbocycles. The van der Waals surface area contributed by atoms with E-state index in [1.54, 1.807) is 0 Å². The van der Waals surface area contributed by atoms with E-state index in [1.165, 1.54) is 29.3 Å². The quantitative estimate of drug-likeness (QED) is 0.701. The van der Waals surface area contributed by atoms with Crippen LogP contribution < -0.4 is 0 Å². The number of hydrogen-bond donors (Lipinski definition) is 0. The zero-order valence-corrected chi connectivity index (χ0v) is 20.4. The minimum Gasteiger partial charge on any atom is -0.377 e. The summed E-state index contributed by atoms with van der Waals surface area (Å²) in [4.78, 5) is 12.2. The molecule has 6 rings (SSSR count). The maximum Gasteiger partial charge on any atom is 0.147 e. The number of rotatable bonds is 5. The first-order valence-electron chi connectivity index (χ1n) is 12.4. The van der Waals surface area contributed by atoms with Gasteiger partial charge in [-0.2, -0.15) is 5.10 Å². The molecular formula is C26H36N6O. The highest BCUT2D eigenvalue weighted by Crippen LogP contribution is 2.47. The lowest BCUT2D eigenvalue weighted by molar-refractivity contribution is -0.138. The van der Waals surface area contributed by atoms with Gasteiger partial charge < -0.3 is 14.5 Å². The largest absolute Gasteiger partial charge is 0.377 e. The first-order valence-corrected chi connectivity index (χ1v) is 12.4. The molecule has 1 atom stereocenters. The maximum atomic E-state index is 5.49. The highest BCUT2D eigenvalue weighted by molar-refractivity contribution is 5.83. The molecule has 3 aliphatic heterocycles. The van der Waals surface area contributed by atoms with Gasteiger partial charge in [-0.1, -0.05) is 19.1 Å². The first-order chi connectivity index (χ1) is 15.8. The molecule has 1 unspecified atom stereocenters. The van der Waals surface area contributed by atoms with Crippen LogP contribution in [0, 0.1) is 5.41 Å². The average molecular weight is 449 g/mol. The van der Waals surface area contributed by atoms with Crippen molar-refractivity contribution < 1.29 is 4.74 Å². The van der Waals surface area contributed by atoms with Crippen molar-refractivity contribution >= 4 is 16.7 Å². The first kappa shape index (κ1) is 21.2. The van der Waals surface area contributed by atoms with Crippen LogP contribution in [-0.4, -0.2) is 82.3 Å². The molecule has 7 nitrogen and oxygen atoms in total. The van der Waals surface area contributed by atoms with E-state index < -0.39 is 0 Å². The summed E-state index contributed by atoms with van der Waals surface area (Å²) >= 11 is 0. The Morgan fingerprint density at radius 1 is 1.09 bits per heavy atom. The Hall–Kier alpha value is -2.38.